The summed E-state index contributed by atoms with van der Waals surface area (Å²) in [6, 6.07) is 5.69. The van der Waals surface area contributed by atoms with Gasteiger partial charge in [-0.05, 0) is 37.8 Å². The molecule has 0 bridgehead atoms. The molecule has 1 aliphatic rings. The minimum atomic E-state index is 0.00449. The van der Waals surface area contributed by atoms with Crippen LogP contribution in [0, 0.1) is 5.92 Å². The van der Waals surface area contributed by atoms with E-state index in [-0.39, 0.29) is 5.91 Å². The second-order valence-electron chi connectivity index (χ2n) is 6.00. The highest BCUT2D eigenvalue weighted by molar-refractivity contribution is 5.98. The fourth-order valence-corrected chi connectivity index (χ4v) is 3.14. The number of nitrogen functional groups attached to an aromatic ring is 1. The molecule has 0 aliphatic heterocycles. The maximum absolute atomic E-state index is 12.8. The standard InChI is InChI=1S/C17H26N2O2/c1-4-21-16-14(9-6-10-15(16)18)17(20)19(3)13-8-5-7-12(2)11-13/h6,9-10,12-13H,4-5,7-8,11,18H2,1-3H3. The first-order chi connectivity index (χ1) is 10.0. The number of hydrogen-bond donors (Lipinski definition) is 1. The molecule has 1 amide bonds. The summed E-state index contributed by atoms with van der Waals surface area (Å²) < 4.78 is 5.58. The third kappa shape index (κ3) is 3.49. The molecule has 0 radical (unpaired) electrons. The van der Waals surface area contributed by atoms with Crippen molar-refractivity contribution in [3.05, 3.63) is 23.8 Å². The minimum Gasteiger partial charge on any atom is -0.491 e. The molecule has 2 unspecified atom stereocenters. The molecule has 116 valence electrons. The predicted molar refractivity (Wildman–Crippen MR) is 85.5 cm³/mol. The van der Waals surface area contributed by atoms with Gasteiger partial charge in [-0.3, -0.25) is 4.79 Å². The van der Waals surface area contributed by atoms with Crippen LogP contribution < -0.4 is 10.5 Å². The second kappa shape index (κ2) is 6.83. The van der Waals surface area contributed by atoms with Crippen molar-refractivity contribution in [2.24, 2.45) is 5.92 Å². The lowest BCUT2D eigenvalue weighted by Gasteiger charge is -2.34. The quantitative estimate of drug-likeness (QED) is 0.865. The lowest BCUT2D eigenvalue weighted by atomic mass is 9.86. The average Bonchev–Trinajstić information content (AvgIpc) is 2.48. The van der Waals surface area contributed by atoms with Crippen molar-refractivity contribution in [3.63, 3.8) is 0 Å². The van der Waals surface area contributed by atoms with Crippen LogP contribution in [0.4, 0.5) is 5.69 Å². The maximum Gasteiger partial charge on any atom is 0.257 e. The molecule has 0 saturated heterocycles. The minimum absolute atomic E-state index is 0.00449. The molecule has 1 aromatic rings. The summed E-state index contributed by atoms with van der Waals surface area (Å²) in [7, 11) is 1.89. The summed E-state index contributed by atoms with van der Waals surface area (Å²) in [5, 5.41) is 0. The lowest BCUT2D eigenvalue weighted by Crippen LogP contribution is -2.40. The highest BCUT2D eigenvalue weighted by Gasteiger charge is 2.27. The Morgan fingerprint density at radius 3 is 2.86 bits per heavy atom. The first kappa shape index (κ1) is 15.7. The second-order valence-corrected chi connectivity index (χ2v) is 6.00. The molecule has 4 heteroatoms. The SMILES string of the molecule is CCOc1c(N)cccc1C(=O)N(C)C1CCCC(C)C1. The zero-order valence-corrected chi connectivity index (χ0v) is 13.3. The van der Waals surface area contributed by atoms with Gasteiger partial charge in [0.2, 0.25) is 0 Å². The number of amides is 1. The summed E-state index contributed by atoms with van der Waals surface area (Å²) in [4.78, 5) is 14.7. The van der Waals surface area contributed by atoms with Gasteiger partial charge >= 0.3 is 0 Å². The molecule has 2 atom stereocenters. The van der Waals surface area contributed by atoms with Crippen molar-refractivity contribution in [1.29, 1.82) is 0 Å². The molecular formula is C17H26N2O2. The first-order valence-electron chi connectivity index (χ1n) is 7.83. The number of ether oxygens (including phenoxy) is 1. The number of carbonyl (C=O) groups excluding carboxylic acids is 1. The molecule has 0 aromatic heterocycles. The van der Waals surface area contributed by atoms with Crippen LogP contribution >= 0.6 is 0 Å². The largest absolute Gasteiger partial charge is 0.491 e. The summed E-state index contributed by atoms with van der Waals surface area (Å²) >= 11 is 0. The Balaban J connectivity index is 2.21. The van der Waals surface area contributed by atoms with Crippen LogP contribution in [0.25, 0.3) is 0 Å². The van der Waals surface area contributed by atoms with Crippen LogP contribution in [0.15, 0.2) is 18.2 Å². The number of nitrogens with two attached hydrogens (primary N) is 1. The van der Waals surface area contributed by atoms with Gasteiger partial charge < -0.3 is 15.4 Å². The van der Waals surface area contributed by atoms with Crippen LogP contribution in [0.1, 0.15) is 49.9 Å². The zero-order valence-electron chi connectivity index (χ0n) is 13.3. The number of para-hydroxylation sites is 1. The summed E-state index contributed by atoms with van der Waals surface area (Å²) in [5.74, 6) is 1.21. The van der Waals surface area contributed by atoms with Crippen LogP contribution in [0.3, 0.4) is 0 Å². The van der Waals surface area contributed by atoms with Crippen molar-refractivity contribution in [1.82, 2.24) is 4.90 Å². The van der Waals surface area contributed by atoms with Gasteiger partial charge in [0.1, 0.15) is 0 Å². The van der Waals surface area contributed by atoms with Gasteiger partial charge in [-0.1, -0.05) is 25.8 Å². The van der Waals surface area contributed by atoms with Crippen molar-refractivity contribution in [3.8, 4) is 5.75 Å². The third-order valence-electron chi connectivity index (χ3n) is 4.34. The number of nitrogens with zero attached hydrogens (tertiary/aromatic N) is 1. The Bertz CT molecular complexity index is 502. The topological polar surface area (TPSA) is 55.6 Å². The highest BCUT2D eigenvalue weighted by atomic mass is 16.5. The molecule has 0 spiro atoms. The molecule has 2 N–H and O–H groups in total. The molecule has 2 rings (SSSR count). The van der Waals surface area contributed by atoms with E-state index in [4.69, 9.17) is 10.5 Å². The van der Waals surface area contributed by atoms with Crippen LogP contribution in [0.5, 0.6) is 5.75 Å². The Morgan fingerprint density at radius 1 is 1.43 bits per heavy atom. The van der Waals surface area contributed by atoms with Crippen LogP contribution in [0.2, 0.25) is 0 Å². The summed E-state index contributed by atoms with van der Waals surface area (Å²) in [6.45, 7) is 4.66. The van der Waals surface area contributed by atoms with E-state index in [2.05, 4.69) is 6.92 Å². The Labute approximate surface area is 127 Å². The number of anilines is 1. The van der Waals surface area contributed by atoms with Crippen molar-refractivity contribution >= 4 is 11.6 Å². The maximum atomic E-state index is 12.8. The lowest BCUT2D eigenvalue weighted by molar-refractivity contribution is 0.0668. The molecular weight excluding hydrogens is 264 g/mol. The van der Waals surface area contributed by atoms with E-state index >= 15 is 0 Å². The van der Waals surface area contributed by atoms with Crippen molar-refractivity contribution < 1.29 is 9.53 Å². The van der Waals surface area contributed by atoms with Crippen LogP contribution in [-0.4, -0.2) is 30.5 Å². The van der Waals surface area contributed by atoms with E-state index in [1.165, 1.54) is 12.8 Å². The van der Waals surface area contributed by atoms with Gasteiger partial charge in [-0.25, -0.2) is 0 Å². The van der Waals surface area contributed by atoms with Gasteiger partial charge in [0.05, 0.1) is 17.9 Å². The van der Waals surface area contributed by atoms with Crippen LogP contribution in [-0.2, 0) is 0 Å². The Kier molecular flexibility index (Phi) is 5.10. The summed E-state index contributed by atoms with van der Waals surface area (Å²) in [6.07, 6.45) is 4.62. The van der Waals surface area contributed by atoms with E-state index < -0.39 is 0 Å². The fraction of sp³-hybridized carbons (Fsp3) is 0.588. The number of hydrogen-bond acceptors (Lipinski definition) is 3. The monoisotopic (exact) mass is 290 g/mol. The first-order valence-corrected chi connectivity index (χ1v) is 7.83. The average molecular weight is 290 g/mol. The molecule has 1 saturated carbocycles. The van der Waals surface area contributed by atoms with Crippen molar-refractivity contribution in [2.45, 2.75) is 45.6 Å². The fourth-order valence-electron chi connectivity index (χ4n) is 3.14. The van der Waals surface area contributed by atoms with Gasteiger partial charge in [0, 0.05) is 13.1 Å². The smallest absolute Gasteiger partial charge is 0.257 e. The molecule has 1 aliphatic carbocycles. The molecule has 1 fully saturated rings. The summed E-state index contributed by atoms with van der Waals surface area (Å²) in [5.41, 5.74) is 7.04. The highest BCUT2D eigenvalue weighted by Crippen LogP contribution is 2.31. The van der Waals surface area contributed by atoms with Gasteiger partial charge in [0.25, 0.3) is 5.91 Å². The van der Waals surface area contributed by atoms with Crippen molar-refractivity contribution in [2.75, 3.05) is 19.4 Å². The van der Waals surface area contributed by atoms with E-state index in [0.29, 0.717) is 35.6 Å². The number of benzene rings is 1. The zero-order chi connectivity index (χ0) is 15.4. The van der Waals surface area contributed by atoms with Gasteiger partial charge in [0.15, 0.2) is 5.75 Å². The number of carbonyl (C=O) groups is 1. The third-order valence-corrected chi connectivity index (χ3v) is 4.34. The van der Waals surface area contributed by atoms with E-state index in [0.717, 1.165) is 12.8 Å². The van der Waals surface area contributed by atoms with Gasteiger partial charge in [-0.15, -0.1) is 0 Å². The molecule has 1 aromatic carbocycles. The normalized spacial score (nSPS) is 21.9. The van der Waals surface area contributed by atoms with E-state index in [1.54, 1.807) is 12.1 Å². The van der Waals surface area contributed by atoms with Gasteiger partial charge in [-0.2, -0.15) is 0 Å². The molecule has 0 heterocycles. The predicted octanol–water partition coefficient (Wildman–Crippen LogP) is 3.32. The molecule has 21 heavy (non-hydrogen) atoms. The van der Waals surface area contributed by atoms with E-state index in [9.17, 15) is 4.79 Å². The Hall–Kier alpha value is -1.71. The Morgan fingerprint density at radius 2 is 2.19 bits per heavy atom. The van der Waals surface area contributed by atoms with E-state index in [1.807, 2.05) is 24.9 Å². The number of rotatable bonds is 4. The molecule has 4 nitrogen and oxygen atoms in total.